The summed E-state index contributed by atoms with van der Waals surface area (Å²) in [5.41, 5.74) is -12.3. The molecule has 6 rings (SSSR count). The van der Waals surface area contributed by atoms with Gasteiger partial charge in [0.05, 0.1) is 7.11 Å². The van der Waals surface area contributed by atoms with Gasteiger partial charge in [-0.2, -0.15) is 74.6 Å². The summed E-state index contributed by atoms with van der Waals surface area (Å²) in [6.45, 7) is -0.141. The molecule has 4 aromatic rings. The molecule has 0 amide bonds. The van der Waals surface area contributed by atoms with E-state index < -0.39 is 93.1 Å². The van der Waals surface area contributed by atoms with Crippen LogP contribution in [0.1, 0.15) is 25.5 Å². The number of halogens is 18. The number of methoxy groups -OCH3 is 1. The fraction of sp³-hybridized carbons (Fsp3) is 0.368. The number of rotatable bonds is 10. The lowest BCUT2D eigenvalue weighted by atomic mass is 9.69. The third kappa shape index (κ3) is 5.69. The molecule has 4 aromatic carbocycles. The van der Waals surface area contributed by atoms with Crippen LogP contribution in [0.5, 0.6) is 23.0 Å². The Morgan fingerprint density at radius 2 is 0.650 bits per heavy atom. The summed E-state index contributed by atoms with van der Waals surface area (Å²) in [5, 5.41) is 0. The molecule has 0 spiro atoms. The van der Waals surface area contributed by atoms with Crippen LogP contribution in [0, 0.1) is 0 Å². The molecule has 22 heteroatoms. The minimum Gasteiger partial charge on any atom is -0.497 e. The average molecular weight is 889 g/mol. The van der Waals surface area contributed by atoms with E-state index in [-0.39, 0.29) is 55.5 Å². The molecule has 2 saturated carbocycles. The number of hydrogen-bond acceptors (Lipinski definition) is 4. The van der Waals surface area contributed by atoms with Crippen LogP contribution < -0.4 is 18.9 Å². The lowest BCUT2D eigenvalue weighted by Gasteiger charge is -2.55. The van der Waals surface area contributed by atoms with E-state index in [2.05, 4.69) is 14.2 Å². The second-order valence-electron chi connectivity index (χ2n) is 13.4. The highest BCUT2D eigenvalue weighted by atomic mass is 19.4. The Morgan fingerprint density at radius 3 is 0.933 bits per heavy atom. The van der Waals surface area contributed by atoms with Gasteiger partial charge in [-0.25, -0.2) is 4.39 Å². The summed E-state index contributed by atoms with van der Waals surface area (Å²) in [7, 11) is 1.07. The Labute approximate surface area is 326 Å². The van der Waals surface area contributed by atoms with Gasteiger partial charge in [0.2, 0.25) is 5.41 Å². The van der Waals surface area contributed by atoms with Crippen LogP contribution in [0.3, 0.4) is 0 Å². The van der Waals surface area contributed by atoms with Gasteiger partial charge in [-0.1, -0.05) is 56.0 Å². The Morgan fingerprint density at radius 1 is 0.383 bits per heavy atom. The minimum absolute atomic E-state index is 0. The van der Waals surface area contributed by atoms with Gasteiger partial charge in [-0.15, -0.1) is 0 Å². The van der Waals surface area contributed by atoms with Crippen molar-refractivity contribution in [3.05, 3.63) is 108 Å². The minimum atomic E-state index is -6.15. The number of hydrogen-bond donors (Lipinski definition) is 0. The van der Waals surface area contributed by atoms with Gasteiger partial charge >= 0.3 is 53.6 Å². The third-order valence-corrected chi connectivity index (χ3v) is 10.1. The van der Waals surface area contributed by atoms with Crippen molar-refractivity contribution in [1.29, 1.82) is 0 Å². The Balaban J connectivity index is 0.00000683. The quantitative estimate of drug-likeness (QED) is 0.149. The molecule has 0 aliphatic heterocycles. The average Bonchev–Trinajstić information content (AvgIpc) is 3.14. The van der Waals surface area contributed by atoms with Gasteiger partial charge in [0.25, 0.3) is 5.67 Å². The predicted molar refractivity (Wildman–Crippen MR) is 174 cm³/mol. The van der Waals surface area contributed by atoms with E-state index in [0.29, 0.717) is 24.3 Å². The van der Waals surface area contributed by atoms with Crippen LogP contribution in [-0.4, -0.2) is 66.4 Å². The van der Waals surface area contributed by atoms with Crippen molar-refractivity contribution < 1.29 is 98.0 Å². The van der Waals surface area contributed by atoms with Crippen LogP contribution in [0.2, 0.25) is 0 Å². The van der Waals surface area contributed by atoms with Gasteiger partial charge in [0.1, 0.15) is 23.0 Å². The summed E-state index contributed by atoms with van der Waals surface area (Å²) in [6.07, 6.45) is -12.3. The zero-order valence-electron chi connectivity index (χ0n) is 29.2. The fourth-order valence-electron chi connectivity index (χ4n) is 6.61. The van der Waals surface area contributed by atoms with Gasteiger partial charge < -0.3 is 18.9 Å². The first-order chi connectivity index (χ1) is 26.8. The molecule has 0 bridgehead atoms. The molecule has 60 heavy (non-hydrogen) atoms. The summed E-state index contributed by atoms with van der Waals surface area (Å²) < 4.78 is 278. The van der Waals surface area contributed by atoms with Crippen LogP contribution in [0.15, 0.2) is 97.1 Å². The van der Waals surface area contributed by atoms with Crippen LogP contribution in [0.4, 0.5) is 79.0 Å². The van der Waals surface area contributed by atoms with Gasteiger partial charge in [0.15, 0.2) is 0 Å². The monoisotopic (exact) mass is 888 g/mol. The first-order valence-electron chi connectivity index (χ1n) is 16.3. The standard InChI is InChI=1S/C37H22F18O4.CH4/c1-27(38)29(39,40)30(41,42)33(27,47)57-24-11-3-19(4-12-24)20-5-13-25(14-6-20)58-34(48)31(43,44)32(45,46)35(34,49)59-26-17-9-22(10-18-26)28(36(50,51)52,37(53,54)55)21-7-15-23(56-2)16-8-21;/h3-18H,1-2H3;1H4. The topological polar surface area (TPSA) is 36.9 Å². The van der Waals surface area contributed by atoms with Crippen molar-refractivity contribution in [2.45, 2.75) is 79.0 Å². The SMILES string of the molecule is C.COc1ccc(C(c2ccc(OC3(F)C(F)(F)C(F)(F)C3(F)Oc3ccc(-c4ccc(OC5(F)C(C)(F)C(F)(F)C5(F)F)cc4)cc3)cc2)(C(F)(F)F)C(F)(F)F)cc1. The molecule has 4 nitrogen and oxygen atoms in total. The second kappa shape index (κ2) is 13.7. The van der Waals surface area contributed by atoms with E-state index in [9.17, 15) is 70.2 Å². The summed E-state index contributed by atoms with van der Waals surface area (Å²) in [4.78, 5) is 0. The van der Waals surface area contributed by atoms with Crippen molar-refractivity contribution in [2.75, 3.05) is 7.11 Å². The molecular formula is C38H26F18O4. The highest BCUT2D eigenvalue weighted by Gasteiger charge is 3.03. The Hall–Kier alpha value is -5.18. The number of alkyl halides is 18. The first-order valence-corrected chi connectivity index (χ1v) is 16.3. The molecule has 2 aliphatic carbocycles. The van der Waals surface area contributed by atoms with Gasteiger partial charge in [-0.3, -0.25) is 0 Å². The van der Waals surface area contributed by atoms with Crippen molar-refractivity contribution >= 4 is 0 Å². The molecule has 0 N–H and O–H groups in total. The maximum absolute atomic E-state index is 15.8. The van der Waals surface area contributed by atoms with E-state index >= 15 is 8.78 Å². The Bertz CT molecular complexity index is 2150. The fourth-order valence-corrected chi connectivity index (χ4v) is 6.61. The van der Waals surface area contributed by atoms with E-state index in [1.807, 2.05) is 0 Å². The summed E-state index contributed by atoms with van der Waals surface area (Å²) in [6, 6.07) is 9.00. The first kappa shape index (κ1) is 45.9. The van der Waals surface area contributed by atoms with Gasteiger partial charge in [-0.05, 0) is 77.7 Å². The zero-order valence-corrected chi connectivity index (χ0v) is 29.2. The molecule has 0 saturated heterocycles. The number of ether oxygens (including phenoxy) is 4. The van der Waals surface area contributed by atoms with Crippen LogP contribution >= 0.6 is 0 Å². The molecule has 2 aliphatic rings. The normalized spacial score (nSPS) is 27.7. The van der Waals surface area contributed by atoms with E-state index in [1.54, 1.807) is 0 Å². The smallest absolute Gasteiger partial charge is 0.411 e. The maximum atomic E-state index is 15.8. The third-order valence-electron chi connectivity index (χ3n) is 10.1. The zero-order chi connectivity index (χ0) is 44.3. The molecule has 328 valence electrons. The largest absolute Gasteiger partial charge is 0.497 e. The van der Waals surface area contributed by atoms with Crippen LogP contribution in [-0.2, 0) is 5.41 Å². The van der Waals surface area contributed by atoms with Crippen LogP contribution in [0.25, 0.3) is 11.1 Å². The van der Waals surface area contributed by atoms with Gasteiger partial charge in [0, 0.05) is 0 Å². The highest BCUT2D eigenvalue weighted by Crippen LogP contribution is 2.69. The highest BCUT2D eigenvalue weighted by molar-refractivity contribution is 5.65. The van der Waals surface area contributed by atoms with Crippen molar-refractivity contribution in [1.82, 2.24) is 0 Å². The lowest BCUT2D eigenvalue weighted by Crippen LogP contribution is -2.89. The second-order valence-corrected chi connectivity index (χ2v) is 13.4. The molecular weight excluding hydrogens is 862 g/mol. The van der Waals surface area contributed by atoms with E-state index in [0.717, 1.165) is 55.6 Å². The lowest BCUT2D eigenvalue weighted by molar-refractivity contribution is -0.527. The molecule has 4 atom stereocenters. The molecule has 2 fully saturated rings. The van der Waals surface area contributed by atoms with Crippen molar-refractivity contribution in [2.24, 2.45) is 0 Å². The van der Waals surface area contributed by atoms with E-state index in [4.69, 9.17) is 4.74 Å². The molecule has 0 heterocycles. The molecule has 0 radical (unpaired) electrons. The summed E-state index contributed by atoms with van der Waals surface area (Å²) in [5.74, 6) is -42.4. The van der Waals surface area contributed by atoms with E-state index in [1.165, 1.54) is 0 Å². The maximum Gasteiger partial charge on any atom is 0.411 e. The number of benzene rings is 4. The molecule has 4 unspecified atom stereocenters. The van der Waals surface area contributed by atoms with Crippen molar-refractivity contribution in [3.8, 4) is 34.1 Å². The summed E-state index contributed by atoms with van der Waals surface area (Å²) >= 11 is 0. The van der Waals surface area contributed by atoms with Crippen molar-refractivity contribution in [3.63, 3.8) is 0 Å². The predicted octanol–water partition coefficient (Wildman–Crippen LogP) is 12.5. The Kier molecular flexibility index (Phi) is 10.5. The molecule has 0 aromatic heterocycles.